The number of rotatable bonds is 5. The van der Waals surface area contributed by atoms with Gasteiger partial charge >= 0.3 is 0 Å². The maximum atomic E-state index is 5.56. The number of hydrogen-bond donors (Lipinski definition) is 0. The van der Waals surface area contributed by atoms with Crippen molar-refractivity contribution in [2.45, 2.75) is 0 Å². The normalized spacial score (nSPS) is 11.4. The summed E-state index contributed by atoms with van der Waals surface area (Å²) in [4.78, 5) is 0. The topological polar surface area (TPSA) is 52.1 Å². The molecule has 0 fully saturated rings. The van der Waals surface area contributed by atoms with E-state index in [1.54, 1.807) is 0 Å². The molecule has 0 unspecified atom stereocenters. The molecular weight excluding hydrogens is 420 g/mol. The maximum absolute atomic E-state index is 5.56. The van der Waals surface area contributed by atoms with Gasteiger partial charge in [-0.05, 0) is 23.3 Å². The first-order valence-electron chi connectivity index (χ1n) is 11.1. The molecule has 4 heteroatoms. The average molecular weight is 441 g/mol. The van der Waals surface area contributed by atoms with Crippen LogP contribution in [0.5, 0.6) is 0 Å². The Bertz CT molecular complexity index is 1580. The molecular formula is C30H20N2O2. The van der Waals surface area contributed by atoms with Crippen LogP contribution >= 0.6 is 0 Å². The van der Waals surface area contributed by atoms with Crippen molar-refractivity contribution in [3.8, 4) is 33.8 Å². The molecule has 0 N–H and O–H groups in total. The Kier molecular flexibility index (Phi) is 5.09. The fourth-order valence-corrected chi connectivity index (χ4v) is 3.95. The van der Waals surface area contributed by atoms with Crippen LogP contribution in [0.3, 0.4) is 0 Å². The van der Waals surface area contributed by atoms with Crippen LogP contribution in [-0.4, -0.2) is 10.3 Å². The number of aromatic nitrogens is 2. The third-order valence-corrected chi connectivity index (χ3v) is 5.80. The van der Waals surface area contributed by atoms with E-state index in [4.69, 9.17) is 9.05 Å². The van der Waals surface area contributed by atoms with E-state index in [-0.39, 0.29) is 0 Å². The van der Waals surface area contributed by atoms with Gasteiger partial charge in [0, 0.05) is 28.1 Å². The summed E-state index contributed by atoms with van der Waals surface area (Å²) in [5.41, 5.74) is 7.79. The van der Waals surface area contributed by atoms with E-state index in [9.17, 15) is 0 Å². The minimum atomic E-state index is 0.755. The molecule has 0 atom stereocenters. The molecule has 0 radical (unpaired) electrons. The molecule has 2 heterocycles. The van der Waals surface area contributed by atoms with Crippen LogP contribution in [0.1, 0.15) is 11.1 Å². The number of hydrogen-bond acceptors (Lipinski definition) is 4. The molecule has 6 rings (SSSR count). The molecule has 2 aromatic heterocycles. The molecule has 0 aliphatic heterocycles. The lowest BCUT2D eigenvalue weighted by molar-refractivity contribution is 0.435. The van der Waals surface area contributed by atoms with Gasteiger partial charge in [-0.2, -0.15) is 0 Å². The van der Waals surface area contributed by atoms with Gasteiger partial charge in [0.1, 0.15) is 11.4 Å². The number of nitrogens with zero attached hydrogens (tertiary/aromatic N) is 2. The zero-order valence-electron chi connectivity index (χ0n) is 18.3. The van der Waals surface area contributed by atoms with Crippen molar-refractivity contribution in [3.63, 3.8) is 0 Å². The highest BCUT2D eigenvalue weighted by atomic mass is 16.5. The van der Waals surface area contributed by atoms with Gasteiger partial charge in [0.25, 0.3) is 0 Å². The maximum Gasteiger partial charge on any atom is 0.167 e. The summed E-state index contributed by atoms with van der Waals surface area (Å²) in [5.74, 6) is 0.755. The summed E-state index contributed by atoms with van der Waals surface area (Å²) in [6.07, 6.45) is 4.20. The summed E-state index contributed by atoms with van der Waals surface area (Å²) in [7, 11) is 0. The van der Waals surface area contributed by atoms with E-state index < -0.39 is 0 Å². The lowest BCUT2D eigenvalue weighted by Gasteiger charge is -2.00. The SMILES string of the molecule is C(=Cc1ccc(-c2noc3ccccc23)cc1)c1ccc(-c2cc(-c3ccccc3)no2)cc1. The Labute approximate surface area is 196 Å². The highest BCUT2D eigenvalue weighted by molar-refractivity contribution is 5.91. The van der Waals surface area contributed by atoms with Gasteiger partial charge < -0.3 is 9.05 Å². The molecule has 0 spiro atoms. The molecule has 0 saturated carbocycles. The van der Waals surface area contributed by atoms with E-state index in [0.29, 0.717) is 0 Å². The van der Waals surface area contributed by atoms with E-state index >= 15 is 0 Å². The summed E-state index contributed by atoms with van der Waals surface area (Å²) in [6.45, 7) is 0. The zero-order chi connectivity index (χ0) is 22.7. The standard InChI is InChI=1S/C30H20N2O2/c1-2-6-23(7-3-1)27-20-29(34-31-27)24-16-12-21(13-17-24)10-11-22-14-18-25(19-15-22)30-26-8-4-5-9-28(26)33-32-30/h1-20H. The van der Waals surface area contributed by atoms with Crippen molar-refractivity contribution in [1.82, 2.24) is 10.3 Å². The molecule has 0 aliphatic carbocycles. The molecule has 0 bridgehead atoms. The van der Waals surface area contributed by atoms with Gasteiger partial charge in [0.15, 0.2) is 11.3 Å². The van der Waals surface area contributed by atoms with E-state index in [2.05, 4.69) is 58.9 Å². The van der Waals surface area contributed by atoms with Crippen LogP contribution in [0, 0.1) is 0 Å². The fourth-order valence-electron chi connectivity index (χ4n) is 3.95. The highest BCUT2D eigenvalue weighted by Gasteiger charge is 2.10. The van der Waals surface area contributed by atoms with Crippen LogP contribution in [0.25, 0.3) is 57.0 Å². The predicted octanol–water partition coefficient (Wildman–Crippen LogP) is 7.99. The summed E-state index contributed by atoms with van der Waals surface area (Å²) in [5, 5.41) is 9.46. The molecule has 4 nitrogen and oxygen atoms in total. The minimum Gasteiger partial charge on any atom is -0.356 e. The van der Waals surface area contributed by atoms with Gasteiger partial charge in [-0.1, -0.05) is 113 Å². The smallest absolute Gasteiger partial charge is 0.167 e. The predicted molar refractivity (Wildman–Crippen MR) is 136 cm³/mol. The van der Waals surface area contributed by atoms with Gasteiger partial charge in [0.05, 0.1) is 0 Å². The first-order valence-corrected chi connectivity index (χ1v) is 11.1. The molecule has 0 aliphatic rings. The second-order valence-electron chi connectivity index (χ2n) is 8.05. The largest absolute Gasteiger partial charge is 0.356 e. The summed E-state index contributed by atoms with van der Waals surface area (Å²) in [6, 6.07) is 36.5. The second-order valence-corrected chi connectivity index (χ2v) is 8.05. The van der Waals surface area contributed by atoms with Crippen LogP contribution < -0.4 is 0 Å². The third-order valence-electron chi connectivity index (χ3n) is 5.80. The van der Waals surface area contributed by atoms with Crippen LogP contribution in [-0.2, 0) is 0 Å². The van der Waals surface area contributed by atoms with Crippen molar-refractivity contribution in [1.29, 1.82) is 0 Å². The van der Waals surface area contributed by atoms with Crippen molar-refractivity contribution < 1.29 is 9.05 Å². The second kappa shape index (κ2) is 8.68. The van der Waals surface area contributed by atoms with Gasteiger partial charge in [-0.25, -0.2) is 0 Å². The monoisotopic (exact) mass is 440 g/mol. The highest BCUT2D eigenvalue weighted by Crippen LogP contribution is 2.29. The molecule has 162 valence electrons. The number of fused-ring (bicyclic) bond motifs is 1. The fraction of sp³-hybridized carbons (Fsp3) is 0. The van der Waals surface area contributed by atoms with Crippen LogP contribution in [0.2, 0.25) is 0 Å². The molecule has 4 aromatic carbocycles. The quantitative estimate of drug-likeness (QED) is 0.255. The average Bonchev–Trinajstić information content (AvgIpc) is 3.57. The molecule has 34 heavy (non-hydrogen) atoms. The zero-order valence-corrected chi connectivity index (χ0v) is 18.3. The van der Waals surface area contributed by atoms with Crippen molar-refractivity contribution >= 4 is 23.1 Å². The summed E-state index contributed by atoms with van der Waals surface area (Å²) >= 11 is 0. The Morgan fingerprint density at radius 3 is 1.91 bits per heavy atom. The van der Waals surface area contributed by atoms with Gasteiger partial charge in [0.2, 0.25) is 0 Å². The van der Waals surface area contributed by atoms with Crippen molar-refractivity contribution in [3.05, 3.63) is 120 Å². The molecule has 0 saturated heterocycles. The Morgan fingerprint density at radius 2 is 1.18 bits per heavy atom. The van der Waals surface area contributed by atoms with E-state index in [1.807, 2.05) is 72.8 Å². The Hall–Kier alpha value is -4.70. The van der Waals surface area contributed by atoms with E-state index in [0.717, 1.165) is 55.9 Å². The van der Waals surface area contributed by atoms with Crippen LogP contribution in [0.4, 0.5) is 0 Å². The molecule has 0 amide bonds. The minimum absolute atomic E-state index is 0.755. The third kappa shape index (κ3) is 3.93. The van der Waals surface area contributed by atoms with E-state index in [1.165, 1.54) is 0 Å². The lowest BCUT2D eigenvalue weighted by Crippen LogP contribution is -1.80. The molecule has 6 aromatic rings. The lowest BCUT2D eigenvalue weighted by atomic mass is 10.0. The first kappa shape index (κ1) is 19.9. The van der Waals surface area contributed by atoms with Crippen molar-refractivity contribution in [2.24, 2.45) is 0 Å². The summed E-state index contributed by atoms with van der Waals surface area (Å²) < 4.78 is 11.0. The number of para-hydroxylation sites is 1. The van der Waals surface area contributed by atoms with Crippen molar-refractivity contribution in [2.75, 3.05) is 0 Å². The first-order chi connectivity index (χ1) is 16.8. The Balaban J connectivity index is 1.17. The number of benzene rings is 4. The van der Waals surface area contributed by atoms with Crippen LogP contribution in [0.15, 0.2) is 118 Å². The Morgan fingerprint density at radius 1 is 0.529 bits per heavy atom. The van der Waals surface area contributed by atoms with Gasteiger partial charge in [-0.15, -0.1) is 0 Å². The van der Waals surface area contributed by atoms with Gasteiger partial charge in [-0.3, -0.25) is 0 Å².